The van der Waals surface area contributed by atoms with Crippen LogP contribution >= 0.6 is 0 Å². The number of rotatable bonds is 9. The van der Waals surface area contributed by atoms with Crippen molar-refractivity contribution in [1.82, 2.24) is 25.9 Å². The van der Waals surface area contributed by atoms with Gasteiger partial charge in [0.1, 0.15) is 0 Å². The Labute approximate surface area is 168 Å². The zero-order chi connectivity index (χ0) is 21.2. The van der Waals surface area contributed by atoms with E-state index in [4.69, 9.17) is 0 Å². The maximum absolute atomic E-state index is 12.3. The van der Waals surface area contributed by atoms with Crippen LogP contribution in [0.3, 0.4) is 0 Å². The lowest BCUT2D eigenvalue weighted by atomic mass is 10.1. The van der Waals surface area contributed by atoms with Gasteiger partial charge in [-0.2, -0.15) is 5.10 Å². The first kappa shape index (κ1) is 22.1. The lowest BCUT2D eigenvalue weighted by Gasteiger charge is -2.21. The minimum atomic E-state index is -0.640. The molecule has 2 rings (SSSR count). The molecule has 0 aliphatic rings. The van der Waals surface area contributed by atoms with Crippen LogP contribution in [0, 0.1) is 0 Å². The summed E-state index contributed by atoms with van der Waals surface area (Å²) in [7, 11) is 0. The quantitative estimate of drug-likeness (QED) is 0.549. The Balaban J connectivity index is 1.84. The molecule has 9 heteroatoms. The fraction of sp³-hybridized carbons (Fsp3) is 0.450. The number of hydrogen-bond acceptors (Lipinski definition) is 5. The summed E-state index contributed by atoms with van der Waals surface area (Å²) in [4.78, 5) is 50.1. The van der Waals surface area contributed by atoms with Gasteiger partial charge in [-0.3, -0.25) is 30.0 Å². The summed E-state index contributed by atoms with van der Waals surface area (Å²) in [6.07, 6.45) is 2.58. The molecule has 0 saturated heterocycles. The lowest BCUT2D eigenvalue weighted by Crippen LogP contribution is -2.42. The molecule has 0 aliphatic heterocycles. The Kier molecular flexibility index (Phi) is 8.32. The second-order valence-electron chi connectivity index (χ2n) is 6.68. The summed E-state index contributed by atoms with van der Waals surface area (Å²) in [5.41, 5.74) is 4.22. The van der Waals surface area contributed by atoms with Gasteiger partial charge in [0, 0.05) is 31.3 Å². The van der Waals surface area contributed by atoms with E-state index in [1.54, 1.807) is 24.3 Å². The number of nitrogens with zero attached hydrogens (tertiary/aromatic N) is 2. The summed E-state index contributed by atoms with van der Waals surface area (Å²) in [5, 5.41) is 6.76. The Hall–Kier alpha value is -3.23. The zero-order valence-corrected chi connectivity index (χ0v) is 16.8. The van der Waals surface area contributed by atoms with Crippen molar-refractivity contribution < 1.29 is 14.4 Å². The molecule has 0 aliphatic carbocycles. The van der Waals surface area contributed by atoms with Crippen LogP contribution < -0.4 is 16.4 Å². The highest BCUT2D eigenvalue weighted by Crippen LogP contribution is 2.11. The van der Waals surface area contributed by atoms with Crippen LogP contribution in [0.4, 0.5) is 0 Å². The van der Waals surface area contributed by atoms with E-state index in [0.29, 0.717) is 17.2 Å². The molecule has 0 radical (unpaired) electrons. The fourth-order valence-electron chi connectivity index (χ4n) is 3.00. The second kappa shape index (κ2) is 10.9. The van der Waals surface area contributed by atoms with Gasteiger partial charge >= 0.3 is 0 Å². The number of aromatic nitrogens is 2. The normalized spacial score (nSPS) is 10.6. The summed E-state index contributed by atoms with van der Waals surface area (Å²) in [5.74, 6) is -1.01. The third-order valence-electron chi connectivity index (χ3n) is 4.36. The molecule has 0 saturated carbocycles. The number of hydrogen-bond donors (Lipinski definition) is 3. The fourth-order valence-corrected chi connectivity index (χ4v) is 3.00. The molecule has 0 fully saturated rings. The van der Waals surface area contributed by atoms with E-state index in [0.717, 1.165) is 25.9 Å². The minimum absolute atomic E-state index is 0.00505. The molecule has 156 valence electrons. The maximum atomic E-state index is 12.3. The number of carbonyl (C=O) groups is 3. The third-order valence-corrected chi connectivity index (χ3v) is 4.36. The average Bonchev–Trinajstić information content (AvgIpc) is 2.72. The molecule has 0 unspecified atom stereocenters. The molecule has 0 bridgehead atoms. The smallest absolute Gasteiger partial charge is 0.290 e. The van der Waals surface area contributed by atoms with E-state index >= 15 is 0 Å². The Morgan fingerprint density at radius 2 is 1.66 bits per heavy atom. The molecule has 3 amide bonds. The molecule has 0 atom stereocenters. The van der Waals surface area contributed by atoms with Crippen LogP contribution in [0.2, 0.25) is 0 Å². The molecule has 2 aromatic rings. The van der Waals surface area contributed by atoms with E-state index in [1.807, 2.05) is 18.7 Å². The Bertz CT molecular complexity index is 918. The standard InChI is InChI=1S/C20H27N5O4/c1-3-12-25(13-4-2)17(27)11-7-10-16(26)21-24-20(29)18-14-8-5-6-9-15(14)19(28)23-22-18/h5-6,8-9H,3-4,7,10-13H2,1-2H3,(H,21,26)(H,23,28)(H,24,29). The number of carbonyl (C=O) groups excluding carboxylic acids is 3. The van der Waals surface area contributed by atoms with Crippen LogP contribution in [0.5, 0.6) is 0 Å². The van der Waals surface area contributed by atoms with Crippen molar-refractivity contribution in [1.29, 1.82) is 0 Å². The van der Waals surface area contributed by atoms with Crippen molar-refractivity contribution >= 4 is 28.5 Å². The first-order chi connectivity index (χ1) is 14.0. The van der Waals surface area contributed by atoms with Crippen molar-refractivity contribution in [2.75, 3.05) is 13.1 Å². The number of fused-ring (bicyclic) bond motifs is 1. The monoisotopic (exact) mass is 401 g/mol. The lowest BCUT2D eigenvalue weighted by molar-refractivity contribution is -0.131. The molecule has 9 nitrogen and oxygen atoms in total. The number of amides is 3. The van der Waals surface area contributed by atoms with Crippen molar-refractivity contribution in [3.05, 3.63) is 40.3 Å². The first-order valence-corrected chi connectivity index (χ1v) is 9.82. The summed E-state index contributed by atoms with van der Waals surface area (Å²) in [6, 6.07) is 6.57. The molecular weight excluding hydrogens is 374 g/mol. The highest BCUT2D eigenvalue weighted by Gasteiger charge is 2.15. The predicted octanol–water partition coefficient (Wildman–Crippen LogP) is 1.50. The van der Waals surface area contributed by atoms with Gasteiger partial charge in [0.2, 0.25) is 11.8 Å². The molecule has 3 N–H and O–H groups in total. The molecule has 1 aromatic carbocycles. The Morgan fingerprint density at radius 1 is 1.00 bits per heavy atom. The van der Waals surface area contributed by atoms with E-state index in [9.17, 15) is 19.2 Å². The highest BCUT2D eigenvalue weighted by molar-refractivity contribution is 6.05. The number of nitrogens with one attached hydrogen (secondary N) is 3. The third kappa shape index (κ3) is 6.13. The number of aromatic amines is 1. The van der Waals surface area contributed by atoms with E-state index in [-0.39, 0.29) is 24.4 Å². The van der Waals surface area contributed by atoms with E-state index < -0.39 is 17.4 Å². The van der Waals surface area contributed by atoms with Crippen molar-refractivity contribution in [2.24, 2.45) is 0 Å². The van der Waals surface area contributed by atoms with Gasteiger partial charge in [-0.15, -0.1) is 0 Å². The van der Waals surface area contributed by atoms with Gasteiger partial charge < -0.3 is 4.90 Å². The van der Waals surface area contributed by atoms with Gasteiger partial charge in [-0.25, -0.2) is 5.10 Å². The maximum Gasteiger partial charge on any atom is 0.290 e. The van der Waals surface area contributed by atoms with Crippen molar-refractivity contribution in [2.45, 2.75) is 46.0 Å². The van der Waals surface area contributed by atoms with Gasteiger partial charge in [0.15, 0.2) is 5.69 Å². The van der Waals surface area contributed by atoms with Crippen LogP contribution in [-0.2, 0) is 9.59 Å². The van der Waals surface area contributed by atoms with Crippen LogP contribution in [0.15, 0.2) is 29.1 Å². The van der Waals surface area contributed by atoms with Crippen LogP contribution in [0.1, 0.15) is 56.4 Å². The van der Waals surface area contributed by atoms with Gasteiger partial charge in [0.05, 0.1) is 5.39 Å². The SMILES string of the molecule is CCCN(CCC)C(=O)CCCC(=O)NNC(=O)c1n[nH]c(=O)c2ccccc12. The van der Waals surface area contributed by atoms with Crippen molar-refractivity contribution in [3.63, 3.8) is 0 Å². The van der Waals surface area contributed by atoms with E-state index in [1.165, 1.54) is 0 Å². The Morgan fingerprint density at radius 3 is 2.31 bits per heavy atom. The summed E-state index contributed by atoms with van der Waals surface area (Å²) >= 11 is 0. The van der Waals surface area contributed by atoms with E-state index in [2.05, 4.69) is 21.0 Å². The number of hydrazine groups is 1. The average molecular weight is 401 g/mol. The molecule has 1 heterocycles. The largest absolute Gasteiger partial charge is 0.343 e. The highest BCUT2D eigenvalue weighted by atomic mass is 16.2. The summed E-state index contributed by atoms with van der Waals surface area (Å²) < 4.78 is 0. The van der Waals surface area contributed by atoms with Crippen LogP contribution in [-0.4, -0.2) is 45.9 Å². The molecule has 1 aromatic heterocycles. The van der Waals surface area contributed by atoms with Gasteiger partial charge in [-0.05, 0) is 25.3 Å². The topological polar surface area (TPSA) is 124 Å². The minimum Gasteiger partial charge on any atom is -0.343 e. The predicted molar refractivity (Wildman–Crippen MR) is 109 cm³/mol. The molecule has 29 heavy (non-hydrogen) atoms. The van der Waals surface area contributed by atoms with Crippen LogP contribution in [0.25, 0.3) is 10.8 Å². The van der Waals surface area contributed by atoms with Gasteiger partial charge in [0.25, 0.3) is 11.5 Å². The molecule has 0 spiro atoms. The van der Waals surface area contributed by atoms with Gasteiger partial charge in [-0.1, -0.05) is 32.0 Å². The zero-order valence-electron chi connectivity index (χ0n) is 16.8. The summed E-state index contributed by atoms with van der Waals surface area (Å²) in [6.45, 7) is 5.48. The van der Waals surface area contributed by atoms with Crippen molar-refractivity contribution in [3.8, 4) is 0 Å². The number of H-pyrrole nitrogens is 1. The number of benzene rings is 1. The molecular formula is C20H27N5O4. The first-order valence-electron chi connectivity index (χ1n) is 9.82. The second-order valence-corrected chi connectivity index (χ2v) is 6.68.